The van der Waals surface area contributed by atoms with Crippen LogP contribution in [0.25, 0.3) is 26.3 Å². The molecule has 0 bridgehead atoms. The molecule has 22 heavy (non-hydrogen) atoms. The number of thiazole rings is 1. The number of hydrogen-bond donors (Lipinski definition) is 0. The van der Waals surface area contributed by atoms with Crippen LogP contribution in [-0.2, 0) is 7.05 Å². The first-order chi connectivity index (χ1) is 10.6. The van der Waals surface area contributed by atoms with Crippen molar-refractivity contribution in [1.82, 2.24) is 19.2 Å². The minimum Gasteiger partial charge on any atom is -0.297 e. The van der Waals surface area contributed by atoms with Crippen LogP contribution < -0.4 is 0 Å². The summed E-state index contributed by atoms with van der Waals surface area (Å²) in [5.41, 5.74) is 4.58. The molecule has 4 aromatic rings. The number of nitrogens with zero attached hydrogens (tertiary/aromatic N) is 4. The lowest BCUT2D eigenvalue weighted by Crippen LogP contribution is -1.86. The van der Waals surface area contributed by atoms with Crippen LogP contribution in [0, 0.1) is 13.8 Å². The van der Waals surface area contributed by atoms with Gasteiger partial charge in [0.1, 0.15) is 0 Å². The molecule has 0 radical (unpaired) electrons. The third-order valence-electron chi connectivity index (χ3n) is 3.47. The Morgan fingerprint density at radius 2 is 1.82 bits per heavy atom. The zero-order chi connectivity index (χ0) is 15.9. The molecular weight excluding hydrogens is 292 g/mol. The molecule has 0 aliphatic carbocycles. The molecule has 0 aliphatic rings. The number of aryl methyl sites for hydroxylation is 3. The topological polar surface area (TPSA) is 35.1 Å². The van der Waals surface area contributed by atoms with E-state index in [9.17, 15) is 0 Å². The first-order valence-electron chi connectivity index (χ1n) is 7.50. The van der Waals surface area contributed by atoms with Crippen LogP contribution >= 0.6 is 11.3 Å². The molecule has 0 amide bonds. The molecule has 0 spiro atoms. The van der Waals surface area contributed by atoms with Crippen molar-refractivity contribution in [3.63, 3.8) is 0 Å². The van der Waals surface area contributed by atoms with Crippen LogP contribution in [0.2, 0.25) is 0 Å². The molecule has 3 heterocycles. The number of benzene rings is 1. The number of rotatable bonds is 1. The normalized spacial score (nSPS) is 11.0. The second-order valence-corrected chi connectivity index (χ2v) is 6.21. The van der Waals surface area contributed by atoms with Crippen LogP contribution in [0.4, 0.5) is 0 Å². The van der Waals surface area contributed by atoms with Gasteiger partial charge in [-0.2, -0.15) is 5.10 Å². The molecule has 0 unspecified atom stereocenters. The molecule has 3 aromatic heterocycles. The predicted octanol–water partition coefficient (Wildman–Crippen LogP) is 4.59. The highest BCUT2D eigenvalue weighted by molar-refractivity contribution is 7.20. The second kappa shape index (κ2) is 5.57. The van der Waals surface area contributed by atoms with Crippen molar-refractivity contribution in [2.24, 2.45) is 7.05 Å². The standard InChI is InChI=1S/C15H14N4S.C2H6/c1-9-4-11(5-12-7-18(3)17-14(9)12)13-8-19-6-10(2)16-15(19)20-13;1-2/h4-8H,1-3H3;1-2H3. The summed E-state index contributed by atoms with van der Waals surface area (Å²) in [5, 5.41) is 5.68. The van der Waals surface area contributed by atoms with Gasteiger partial charge in [-0.1, -0.05) is 25.2 Å². The number of imidazole rings is 1. The van der Waals surface area contributed by atoms with Crippen molar-refractivity contribution in [3.8, 4) is 10.4 Å². The monoisotopic (exact) mass is 312 g/mol. The van der Waals surface area contributed by atoms with Gasteiger partial charge in [-0.05, 0) is 37.1 Å². The van der Waals surface area contributed by atoms with E-state index < -0.39 is 0 Å². The van der Waals surface area contributed by atoms with Crippen LogP contribution in [0.3, 0.4) is 0 Å². The summed E-state index contributed by atoms with van der Waals surface area (Å²) in [6.45, 7) is 8.13. The van der Waals surface area contributed by atoms with E-state index in [0.29, 0.717) is 0 Å². The summed E-state index contributed by atoms with van der Waals surface area (Å²) >= 11 is 1.72. The SMILES string of the molecule is CC.Cc1cn2cc(-c3cc(C)c4nn(C)cc4c3)sc2n1. The third-order valence-corrected chi connectivity index (χ3v) is 4.52. The van der Waals surface area contributed by atoms with Crippen molar-refractivity contribution < 1.29 is 0 Å². The zero-order valence-corrected chi connectivity index (χ0v) is 14.4. The van der Waals surface area contributed by atoms with Crippen molar-refractivity contribution in [2.75, 3.05) is 0 Å². The summed E-state index contributed by atoms with van der Waals surface area (Å²) in [6, 6.07) is 4.40. The van der Waals surface area contributed by atoms with Crippen molar-refractivity contribution in [3.05, 3.63) is 42.0 Å². The average Bonchev–Trinajstić information content (AvgIpc) is 3.12. The molecular formula is C17H20N4S. The Morgan fingerprint density at radius 1 is 1.05 bits per heavy atom. The summed E-state index contributed by atoms with van der Waals surface area (Å²) in [5.74, 6) is 0. The Labute approximate surface area is 134 Å². The van der Waals surface area contributed by atoms with Gasteiger partial charge in [0.2, 0.25) is 0 Å². The fraction of sp³-hybridized carbons (Fsp3) is 0.294. The minimum atomic E-state index is 1.04. The van der Waals surface area contributed by atoms with E-state index in [1.807, 2.05) is 32.5 Å². The van der Waals surface area contributed by atoms with Gasteiger partial charge in [0, 0.05) is 31.0 Å². The largest absolute Gasteiger partial charge is 0.297 e. The molecule has 1 aromatic carbocycles. The van der Waals surface area contributed by atoms with Crippen molar-refractivity contribution in [2.45, 2.75) is 27.7 Å². The summed E-state index contributed by atoms with van der Waals surface area (Å²) in [4.78, 5) is 6.79. The highest BCUT2D eigenvalue weighted by Crippen LogP contribution is 2.32. The molecule has 0 aliphatic heterocycles. The number of hydrogen-bond acceptors (Lipinski definition) is 3. The number of aromatic nitrogens is 4. The first-order valence-corrected chi connectivity index (χ1v) is 8.31. The van der Waals surface area contributed by atoms with Gasteiger partial charge in [0.15, 0.2) is 4.96 Å². The van der Waals surface area contributed by atoms with E-state index in [1.54, 1.807) is 11.3 Å². The lowest BCUT2D eigenvalue weighted by atomic mass is 10.1. The van der Waals surface area contributed by atoms with Gasteiger partial charge in [-0.25, -0.2) is 4.98 Å². The van der Waals surface area contributed by atoms with E-state index in [1.165, 1.54) is 21.4 Å². The van der Waals surface area contributed by atoms with Crippen LogP contribution in [0.5, 0.6) is 0 Å². The van der Waals surface area contributed by atoms with Crippen LogP contribution in [-0.4, -0.2) is 19.2 Å². The summed E-state index contributed by atoms with van der Waals surface area (Å²) in [6.07, 6.45) is 6.27. The zero-order valence-electron chi connectivity index (χ0n) is 13.6. The highest BCUT2D eigenvalue weighted by Gasteiger charge is 2.10. The molecule has 0 N–H and O–H groups in total. The van der Waals surface area contributed by atoms with Gasteiger partial charge < -0.3 is 0 Å². The molecule has 114 valence electrons. The molecule has 0 saturated carbocycles. The third kappa shape index (κ3) is 2.41. The van der Waals surface area contributed by atoms with Crippen molar-refractivity contribution in [1.29, 1.82) is 0 Å². The molecule has 0 fully saturated rings. The van der Waals surface area contributed by atoms with Gasteiger partial charge in [0.25, 0.3) is 0 Å². The lowest BCUT2D eigenvalue weighted by molar-refractivity contribution is 0.779. The van der Waals surface area contributed by atoms with E-state index in [4.69, 9.17) is 0 Å². The van der Waals surface area contributed by atoms with Gasteiger partial charge in [-0.15, -0.1) is 0 Å². The Morgan fingerprint density at radius 3 is 2.55 bits per heavy atom. The lowest BCUT2D eigenvalue weighted by Gasteiger charge is -2.00. The van der Waals surface area contributed by atoms with Crippen LogP contribution in [0.1, 0.15) is 25.1 Å². The smallest absolute Gasteiger partial charge is 0.194 e. The molecule has 4 nitrogen and oxygen atoms in total. The fourth-order valence-corrected chi connectivity index (χ4v) is 3.62. The maximum absolute atomic E-state index is 4.51. The molecule has 0 saturated heterocycles. The highest BCUT2D eigenvalue weighted by atomic mass is 32.1. The van der Waals surface area contributed by atoms with E-state index in [-0.39, 0.29) is 0 Å². The van der Waals surface area contributed by atoms with Gasteiger partial charge in [-0.3, -0.25) is 9.08 Å². The van der Waals surface area contributed by atoms with Crippen molar-refractivity contribution >= 4 is 27.2 Å². The molecule has 0 atom stereocenters. The molecule has 4 rings (SSSR count). The van der Waals surface area contributed by atoms with E-state index in [0.717, 1.165) is 16.2 Å². The number of fused-ring (bicyclic) bond motifs is 2. The Bertz CT molecular complexity index is 911. The quantitative estimate of drug-likeness (QED) is 0.515. The Balaban J connectivity index is 0.000000693. The summed E-state index contributed by atoms with van der Waals surface area (Å²) in [7, 11) is 1.96. The van der Waals surface area contributed by atoms with E-state index >= 15 is 0 Å². The predicted molar refractivity (Wildman–Crippen MR) is 93.6 cm³/mol. The molecule has 5 heteroatoms. The average molecular weight is 312 g/mol. The second-order valence-electron chi connectivity index (χ2n) is 5.20. The van der Waals surface area contributed by atoms with Crippen LogP contribution in [0.15, 0.2) is 30.7 Å². The summed E-state index contributed by atoms with van der Waals surface area (Å²) < 4.78 is 3.96. The van der Waals surface area contributed by atoms with E-state index in [2.05, 4.69) is 52.1 Å². The maximum atomic E-state index is 4.51. The van der Waals surface area contributed by atoms with Gasteiger partial charge >= 0.3 is 0 Å². The fourth-order valence-electron chi connectivity index (χ4n) is 2.62. The maximum Gasteiger partial charge on any atom is 0.194 e. The Hall–Kier alpha value is -2.14. The Kier molecular flexibility index (Phi) is 3.74. The van der Waals surface area contributed by atoms with Gasteiger partial charge in [0.05, 0.1) is 16.1 Å². The minimum absolute atomic E-state index is 1.04. The first kappa shape index (κ1) is 14.8.